The highest BCUT2D eigenvalue weighted by atomic mass is 16.1. The fourth-order valence-electron chi connectivity index (χ4n) is 2.03. The van der Waals surface area contributed by atoms with Crippen LogP contribution in [0.1, 0.15) is 56.0 Å². The molecule has 1 N–H and O–H groups in total. The smallest absolute Gasteiger partial charge is 0.251 e. The summed E-state index contributed by atoms with van der Waals surface area (Å²) in [5, 5.41) is 3.07. The molecule has 0 aliphatic rings. The lowest BCUT2D eigenvalue weighted by molar-refractivity contribution is 0.0937. The Bertz CT molecular complexity index is 384. The summed E-state index contributed by atoms with van der Waals surface area (Å²) in [6.45, 7) is 8.52. The number of rotatable bonds is 6. The summed E-state index contributed by atoms with van der Waals surface area (Å²) < 4.78 is 0. The topological polar surface area (TPSA) is 29.1 Å². The summed E-state index contributed by atoms with van der Waals surface area (Å²) in [6, 6.07) is 7.96. The quantitative estimate of drug-likeness (QED) is 0.810. The monoisotopic (exact) mass is 247 g/mol. The van der Waals surface area contributed by atoms with Gasteiger partial charge in [0.05, 0.1) is 0 Å². The molecule has 2 heteroatoms. The van der Waals surface area contributed by atoms with E-state index >= 15 is 0 Å². The van der Waals surface area contributed by atoms with E-state index in [-0.39, 0.29) is 11.9 Å². The third-order valence-electron chi connectivity index (χ3n) is 3.19. The second kappa shape index (κ2) is 7.20. The molecule has 1 aromatic rings. The molecular formula is C16H25NO. The van der Waals surface area contributed by atoms with Crippen molar-refractivity contribution in [3.8, 4) is 0 Å². The summed E-state index contributed by atoms with van der Waals surface area (Å²) in [5.41, 5.74) is 1.82. The van der Waals surface area contributed by atoms with Gasteiger partial charge in [0.25, 0.3) is 5.91 Å². The molecule has 0 fully saturated rings. The molecule has 0 saturated carbocycles. The Morgan fingerprint density at radius 2 is 1.83 bits per heavy atom. The molecule has 1 rings (SSSR count). The van der Waals surface area contributed by atoms with Gasteiger partial charge in [-0.2, -0.15) is 0 Å². The summed E-state index contributed by atoms with van der Waals surface area (Å²) >= 11 is 0. The summed E-state index contributed by atoms with van der Waals surface area (Å²) in [6.07, 6.45) is 3.45. The first kappa shape index (κ1) is 14.7. The number of benzene rings is 1. The van der Waals surface area contributed by atoms with E-state index in [1.807, 2.05) is 31.2 Å². The average molecular weight is 247 g/mol. The largest absolute Gasteiger partial charge is 0.350 e. The Morgan fingerprint density at radius 1 is 1.17 bits per heavy atom. The van der Waals surface area contributed by atoms with Crippen LogP contribution in [0.2, 0.25) is 0 Å². The van der Waals surface area contributed by atoms with Gasteiger partial charge >= 0.3 is 0 Å². The molecule has 1 amide bonds. The Hall–Kier alpha value is -1.31. The molecule has 0 unspecified atom stereocenters. The van der Waals surface area contributed by atoms with E-state index in [4.69, 9.17) is 0 Å². The number of carbonyl (C=O) groups is 1. The van der Waals surface area contributed by atoms with Crippen LogP contribution >= 0.6 is 0 Å². The standard InChI is InChI=1S/C16H25NO/c1-12(2)8-7-10-14(4)17-16(18)15-11-6-5-9-13(15)3/h5-6,9,11-12,14H,7-8,10H2,1-4H3,(H,17,18)/t14-/m0/s1. The van der Waals surface area contributed by atoms with E-state index in [1.54, 1.807) is 0 Å². The summed E-state index contributed by atoms with van der Waals surface area (Å²) in [4.78, 5) is 12.1. The van der Waals surface area contributed by atoms with Crippen LogP contribution in [-0.4, -0.2) is 11.9 Å². The Labute approximate surface area is 111 Å². The van der Waals surface area contributed by atoms with Crippen LogP contribution in [0.3, 0.4) is 0 Å². The Morgan fingerprint density at radius 3 is 2.44 bits per heavy atom. The third kappa shape index (κ3) is 4.91. The SMILES string of the molecule is Cc1ccccc1C(=O)N[C@@H](C)CCCC(C)C. The maximum absolute atomic E-state index is 12.1. The van der Waals surface area contributed by atoms with Crippen LogP contribution < -0.4 is 5.32 Å². The lowest BCUT2D eigenvalue weighted by Gasteiger charge is -2.15. The van der Waals surface area contributed by atoms with Crippen molar-refractivity contribution in [3.63, 3.8) is 0 Å². The second-order valence-electron chi connectivity index (χ2n) is 5.51. The van der Waals surface area contributed by atoms with Gasteiger partial charge in [-0.1, -0.05) is 44.9 Å². The van der Waals surface area contributed by atoms with Gasteiger partial charge in [0.15, 0.2) is 0 Å². The number of hydrogen-bond donors (Lipinski definition) is 1. The molecule has 0 aliphatic heterocycles. The number of amides is 1. The third-order valence-corrected chi connectivity index (χ3v) is 3.19. The van der Waals surface area contributed by atoms with Crippen LogP contribution in [0, 0.1) is 12.8 Å². The molecule has 0 saturated heterocycles. The highest BCUT2D eigenvalue weighted by molar-refractivity contribution is 5.95. The fraction of sp³-hybridized carbons (Fsp3) is 0.562. The molecule has 1 aromatic carbocycles. The van der Waals surface area contributed by atoms with Crippen LogP contribution in [0.15, 0.2) is 24.3 Å². The van der Waals surface area contributed by atoms with Crippen molar-refractivity contribution in [2.24, 2.45) is 5.92 Å². The Balaban J connectivity index is 2.43. The number of nitrogens with one attached hydrogen (secondary N) is 1. The number of carbonyl (C=O) groups excluding carboxylic acids is 1. The minimum Gasteiger partial charge on any atom is -0.350 e. The molecule has 0 aromatic heterocycles. The van der Waals surface area contributed by atoms with Gasteiger partial charge < -0.3 is 5.32 Å². The van der Waals surface area contributed by atoms with Crippen molar-refractivity contribution in [1.29, 1.82) is 0 Å². The average Bonchev–Trinajstić information content (AvgIpc) is 2.28. The number of hydrogen-bond acceptors (Lipinski definition) is 1. The van der Waals surface area contributed by atoms with Crippen LogP contribution in [0.4, 0.5) is 0 Å². The van der Waals surface area contributed by atoms with Crippen molar-refractivity contribution in [2.75, 3.05) is 0 Å². The van der Waals surface area contributed by atoms with E-state index in [9.17, 15) is 4.79 Å². The molecule has 1 atom stereocenters. The maximum atomic E-state index is 12.1. The second-order valence-corrected chi connectivity index (χ2v) is 5.51. The van der Waals surface area contributed by atoms with Gasteiger partial charge in [0.2, 0.25) is 0 Å². The Kier molecular flexibility index (Phi) is 5.90. The molecule has 18 heavy (non-hydrogen) atoms. The zero-order valence-electron chi connectivity index (χ0n) is 12.0. The van der Waals surface area contributed by atoms with Gasteiger partial charge in [-0.05, 0) is 37.8 Å². The first-order chi connectivity index (χ1) is 8.50. The van der Waals surface area contributed by atoms with Gasteiger partial charge in [-0.3, -0.25) is 4.79 Å². The van der Waals surface area contributed by atoms with Crippen LogP contribution in [0.5, 0.6) is 0 Å². The van der Waals surface area contributed by atoms with Crippen molar-refractivity contribution in [2.45, 2.75) is 53.0 Å². The minimum absolute atomic E-state index is 0.0464. The predicted octanol–water partition coefficient (Wildman–Crippen LogP) is 3.94. The lowest BCUT2D eigenvalue weighted by Crippen LogP contribution is -2.32. The highest BCUT2D eigenvalue weighted by Crippen LogP contribution is 2.10. The minimum atomic E-state index is 0.0464. The van der Waals surface area contributed by atoms with Gasteiger partial charge in [0, 0.05) is 11.6 Å². The first-order valence-electron chi connectivity index (χ1n) is 6.87. The molecular weight excluding hydrogens is 222 g/mol. The van der Waals surface area contributed by atoms with E-state index in [0.29, 0.717) is 0 Å². The van der Waals surface area contributed by atoms with E-state index < -0.39 is 0 Å². The molecule has 0 bridgehead atoms. The predicted molar refractivity (Wildman–Crippen MR) is 76.8 cm³/mol. The summed E-state index contributed by atoms with van der Waals surface area (Å²) in [7, 11) is 0. The van der Waals surface area contributed by atoms with Gasteiger partial charge in [-0.15, -0.1) is 0 Å². The van der Waals surface area contributed by atoms with Crippen molar-refractivity contribution in [3.05, 3.63) is 35.4 Å². The van der Waals surface area contributed by atoms with Gasteiger partial charge in [0.1, 0.15) is 0 Å². The molecule has 0 aliphatic carbocycles. The zero-order valence-corrected chi connectivity index (χ0v) is 12.0. The van der Waals surface area contributed by atoms with Crippen molar-refractivity contribution >= 4 is 5.91 Å². The highest BCUT2D eigenvalue weighted by Gasteiger charge is 2.11. The molecule has 0 radical (unpaired) electrons. The fourth-order valence-corrected chi connectivity index (χ4v) is 2.03. The lowest BCUT2D eigenvalue weighted by atomic mass is 10.0. The molecule has 0 spiro atoms. The summed E-state index contributed by atoms with van der Waals surface area (Å²) in [5.74, 6) is 0.786. The van der Waals surface area contributed by atoms with Crippen LogP contribution in [0.25, 0.3) is 0 Å². The molecule has 2 nitrogen and oxygen atoms in total. The van der Waals surface area contributed by atoms with Gasteiger partial charge in [-0.25, -0.2) is 0 Å². The van der Waals surface area contributed by atoms with Crippen molar-refractivity contribution < 1.29 is 4.79 Å². The maximum Gasteiger partial charge on any atom is 0.251 e. The molecule has 100 valence electrons. The van der Waals surface area contributed by atoms with Crippen LogP contribution in [-0.2, 0) is 0 Å². The van der Waals surface area contributed by atoms with E-state index in [2.05, 4.69) is 26.1 Å². The van der Waals surface area contributed by atoms with E-state index in [0.717, 1.165) is 23.5 Å². The van der Waals surface area contributed by atoms with Crippen molar-refractivity contribution in [1.82, 2.24) is 5.32 Å². The number of aryl methyl sites for hydroxylation is 1. The zero-order chi connectivity index (χ0) is 13.5. The first-order valence-corrected chi connectivity index (χ1v) is 6.87. The molecule has 0 heterocycles. The normalized spacial score (nSPS) is 12.5. The van der Waals surface area contributed by atoms with E-state index in [1.165, 1.54) is 12.8 Å².